The summed E-state index contributed by atoms with van der Waals surface area (Å²) in [5.41, 5.74) is -0.593. The molecule has 4 nitrogen and oxygen atoms in total. The molecule has 0 bridgehead atoms. The number of aliphatic hydroxyl groups excluding tert-OH is 1. The van der Waals surface area contributed by atoms with E-state index in [2.05, 4.69) is 4.72 Å². The van der Waals surface area contributed by atoms with Crippen LogP contribution in [0.5, 0.6) is 0 Å². The first kappa shape index (κ1) is 16.8. The first-order valence-electron chi connectivity index (χ1n) is 6.19. The second-order valence-electron chi connectivity index (χ2n) is 4.43. The standard InChI is InChI=1S/C14H12ClF2NO3S/c15-9-4-1-2-7-13(9)22(20,21)18-8-12(19)14-10(16)5-3-6-11(14)17/h1-7,12,18-19H,8H2/t12-/m0/s1. The molecule has 22 heavy (non-hydrogen) atoms. The minimum atomic E-state index is -4.01. The van der Waals surface area contributed by atoms with Crippen LogP contribution in [-0.4, -0.2) is 20.1 Å². The van der Waals surface area contributed by atoms with Crippen molar-refractivity contribution in [2.24, 2.45) is 0 Å². The van der Waals surface area contributed by atoms with E-state index in [4.69, 9.17) is 11.6 Å². The lowest BCUT2D eigenvalue weighted by Crippen LogP contribution is -2.29. The summed E-state index contributed by atoms with van der Waals surface area (Å²) < 4.78 is 53.2. The van der Waals surface area contributed by atoms with Gasteiger partial charge in [-0.3, -0.25) is 0 Å². The van der Waals surface area contributed by atoms with Crippen LogP contribution in [-0.2, 0) is 10.0 Å². The summed E-state index contributed by atoms with van der Waals surface area (Å²) in [6, 6.07) is 8.81. The highest BCUT2D eigenvalue weighted by molar-refractivity contribution is 7.89. The molecule has 0 amide bonds. The van der Waals surface area contributed by atoms with Gasteiger partial charge in [-0.2, -0.15) is 0 Å². The summed E-state index contributed by atoms with van der Waals surface area (Å²) in [7, 11) is -4.01. The van der Waals surface area contributed by atoms with Gasteiger partial charge in [-0.1, -0.05) is 29.8 Å². The van der Waals surface area contributed by atoms with Gasteiger partial charge in [0.1, 0.15) is 16.5 Å². The Balaban J connectivity index is 2.18. The molecule has 1 atom stereocenters. The third kappa shape index (κ3) is 3.61. The highest BCUT2D eigenvalue weighted by atomic mass is 35.5. The van der Waals surface area contributed by atoms with Gasteiger partial charge in [0.25, 0.3) is 0 Å². The number of hydrogen-bond acceptors (Lipinski definition) is 3. The van der Waals surface area contributed by atoms with E-state index in [1.54, 1.807) is 6.07 Å². The van der Waals surface area contributed by atoms with Crippen LogP contribution in [0.1, 0.15) is 11.7 Å². The zero-order chi connectivity index (χ0) is 16.3. The molecule has 0 saturated carbocycles. The molecule has 0 saturated heterocycles. The van der Waals surface area contributed by atoms with Crippen LogP contribution >= 0.6 is 11.6 Å². The molecule has 0 aliphatic heterocycles. The highest BCUT2D eigenvalue weighted by Crippen LogP contribution is 2.23. The van der Waals surface area contributed by atoms with Crippen molar-refractivity contribution < 1.29 is 22.3 Å². The SMILES string of the molecule is O=S(=O)(NC[C@H](O)c1c(F)cccc1F)c1ccccc1Cl. The van der Waals surface area contributed by atoms with E-state index >= 15 is 0 Å². The Morgan fingerprint density at radius 3 is 2.27 bits per heavy atom. The summed E-state index contributed by atoms with van der Waals surface area (Å²) in [4.78, 5) is -0.183. The van der Waals surface area contributed by atoms with Gasteiger partial charge >= 0.3 is 0 Å². The second-order valence-corrected chi connectivity index (χ2v) is 6.58. The lowest BCUT2D eigenvalue weighted by atomic mass is 10.1. The Labute approximate surface area is 131 Å². The van der Waals surface area contributed by atoms with Crippen LogP contribution < -0.4 is 4.72 Å². The molecule has 2 aromatic rings. The molecule has 118 valence electrons. The highest BCUT2D eigenvalue weighted by Gasteiger charge is 2.22. The van der Waals surface area contributed by atoms with Crippen LogP contribution in [0.2, 0.25) is 5.02 Å². The summed E-state index contributed by atoms with van der Waals surface area (Å²) in [6.45, 7) is -0.592. The fraction of sp³-hybridized carbons (Fsp3) is 0.143. The van der Waals surface area contributed by atoms with Crippen LogP contribution in [0, 0.1) is 11.6 Å². The molecule has 0 unspecified atom stereocenters. The number of nitrogens with one attached hydrogen (secondary N) is 1. The number of halogens is 3. The third-order valence-corrected chi connectivity index (χ3v) is 4.85. The molecule has 0 radical (unpaired) electrons. The van der Waals surface area contributed by atoms with Crippen molar-refractivity contribution in [2.45, 2.75) is 11.0 Å². The number of sulfonamides is 1. The van der Waals surface area contributed by atoms with Gasteiger partial charge in [0.15, 0.2) is 0 Å². The Morgan fingerprint density at radius 2 is 1.68 bits per heavy atom. The molecule has 0 aromatic heterocycles. The Kier molecular flexibility index (Phi) is 5.12. The molecular weight excluding hydrogens is 336 g/mol. The fourth-order valence-corrected chi connectivity index (χ4v) is 3.42. The smallest absolute Gasteiger partial charge is 0.242 e. The lowest BCUT2D eigenvalue weighted by Gasteiger charge is -2.14. The fourth-order valence-electron chi connectivity index (χ4n) is 1.86. The molecule has 2 rings (SSSR count). The molecule has 0 fully saturated rings. The average Bonchev–Trinajstić information content (AvgIpc) is 2.45. The predicted molar refractivity (Wildman–Crippen MR) is 78.0 cm³/mol. The Hall–Kier alpha value is -1.54. The lowest BCUT2D eigenvalue weighted by molar-refractivity contribution is 0.172. The van der Waals surface area contributed by atoms with Crippen molar-refractivity contribution in [1.29, 1.82) is 0 Å². The topological polar surface area (TPSA) is 66.4 Å². The predicted octanol–water partition coefficient (Wildman–Crippen LogP) is 2.63. The molecule has 0 aliphatic carbocycles. The van der Waals surface area contributed by atoms with Crippen molar-refractivity contribution in [2.75, 3.05) is 6.54 Å². The molecule has 0 aliphatic rings. The molecular formula is C14H12ClF2NO3S. The van der Waals surface area contributed by atoms with Gasteiger partial charge < -0.3 is 5.11 Å². The van der Waals surface area contributed by atoms with Crippen molar-refractivity contribution >= 4 is 21.6 Å². The first-order valence-corrected chi connectivity index (χ1v) is 8.05. The van der Waals surface area contributed by atoms with E-state index in [0.717, 1.165) is 18.2 Å². The normalized spacial score (nSPS) is 13.1. The van der Waals surface area contributed by atoms with E-state index in [1.807, 2.05) is 0 Å². The first-order chi connectivity index (χ1) is 10.3. The summed E-state index contributed by atoms with van der Waals surface area (Å²) in [5, 5.41) is 9.82. The third-order valence-electron chi connectivity index (χ3n) is 2.93. The maximum absolute atomic E-state index is 13.5. The van der Waals surface area contributed by atoms with Gasteiger partial charge in [0, 0.05) is 6.54 Å². The number of hydrogen-bond donors (Lipinski definition) is 2. The van der Waals surface area contributed by atoms with Crippen LogP contribution in [0.3, 0.4) is 0 Å². The van der Waals surface area contributed by atoms with E-state index in [9.17, 15) is 22.3 Å². The van der Waals surface area contributed by atoms with Crippen molar-refractivity contribution in [3.05, 3.63) is 64.7 Å². The van der Waals surface area contributed by atoms with Gasteiger partial charge in [0.05, 0.1) is 16.7 Å². The molecule has 8 heteroatoms. The van der Waals surface area contributed by atoms with Crippen LogP contribution in [0.4, 0.5) is 8.78 Å². The van der Waals surface area contributed by atoms with Crippen LogP contribution in [0.15, 0.2) is 47.4 Å². The molecule has 2 N–H and O–H groups in total. The molecule has 0 spiro atoms. The second kappa shape index (κ2) is 6.70. The zero-order valence-corrected chi connectivity index (χ0v) is 12.7. The minimum Gasteiger partial charge on any atom is -0.387 e. The van der Waals surface area contributed by atoms with E-state index < -0.39 is 39.9 Å². The number of rotatable bonds is 5. The van der Waals surface area contributed by atoms with Crippen molar-refractivity contribution in [3.63, 3.8) is 0 Å². The minimum absolute atomic E-state index is 0.00145. The summed E-state index contributed by atoms with van der Waals surface area (Å²) in [6.07, 6.45) is -1.67. The quantitative estimate of drug-likeness (QED) is 0.873. The molecule has 2 aromatic carbocycles. The Bertz CT molecular complexity index is 763. The largest absolute Gasteiger partial charge is 0.387 e. The maximum atomic E-state index is 13.5. The summed E-state index contributed by atoms with van der Waals surface area (Å²) in [5.74, 6) is -1.91. The van der Waals surface area contributed by atoms with Gasteiger partial charge in [-0.15, -0.1) is 0 Å². The van der Waals surface area contributed by atoms with E-state index in [-0.39, 0.29) is 9.92 Å². The molecule has 0 heterocycles. The van der Waals surface area contributed by atoms with Gasteiger partial charge in [-0.25, -0.2) is 21.9 Å². The van der Waals surface area contributed by atoms with Gasteiger partial charge in [0.2, 0.25) is 10.0 Å². The number of benzene rings is 2. The van der Waals surface area contributed by atoms with E-state index in [1.165, 1.54) is 18.2 Å². The zero-order valence-electron chi connectivity index (χ0n) is 11.1. The van der Waals surface area contributed by atoms with Crippen molar-refractivity contribution in [1.82, 2.24) is 4.72 Å². The van der Waals surface area contributed by atoms with Gasteiger partial charge in [-0.05, 0) is 24.3 Å². The average molecular weight is 348 g/mol. The number of aliphatic hydroxyl groups is 1. The monoisotopic (exact) mass is 347 g/mol. The summed E-state index contributed by atoms with van der Waals surface area (Å²) >= 11 is 5.79. The van der Waals surface area contributed by atoms with Crippen molar-refractivity contribution in [3.8, 4) is 0 Å². The van der Waals surface area contributed by atoms with Crippen LogP contribution in [0.25, 0.3) is 0 Å². The maximum Gasteiger partial charge on any atom is 0.242 e. The van der Waals surface area contributed by atoms with E-state index in [0.29, 0.717) is 0 Å². The Morgan fingerprint density at radius 1 is 1.09 bits per heavy atom.